The number of hydrogen-bond acceptors (Lipinski definition) is 5. The first-order chi connectivity index (χ1) is 12.6. The second-order valence-corrected chi connectivity index (χ2v) is 7.16. The van der Waals surface area contributed by atoms with Crippen molar-refractivity contribution in [3.63, 3.8) is 0 Å². The summed E-state index contributed by atoms with van der Waals surface area (Å²) in [5.41, 5.74) is 0.367. The van der Waals surface area contributed by atoms with Crippen LogP contribution in [0.2, 0.25) is 0 Å². The number of nitrogens with one attached hydrogen (secondary N) is 1. The van der Waals surface area contributed by atoms with Crippen LogP contribution in [0.4, 0.5) is 0 Å². The molecule has 1 aromatic carbocycles. The van der Waals surface area contributed by atoms with Gasteiger partial charge in [0.1, 0.15) is 5.52 Å². The minimum atomic E-state index is -0.207. The van der Waals surface area contributed by atoms with Gasteiger partial charge in [-0.1, -0.05) is 30.7 Å². The van der Waals surface area contributed by atoms with Crippen LogP contribution in [-0.4, -0.2) is 52.0 Å². The predicted octanol–water partition coefficient (Wildman–Crippen LogP) is 1.42. The van der Waals surface area contributed by atoms with Gasteiger partial charge in [-0.25, -0.2) is 4.68 Å². The van der Waals surface area contributed by atoms with Crippen molar-refractivity contribution in [1.29, 1.82) is 0 Å². The van der Waals surface area contributed by atoms with Crippen LogP contribution in [0.25, 0.3) is 10.9 Å². The zero-order valence-corrected chi connectivity index (χ0v) is 15.4. The van der Waals surface area contributed by atoms with Crippen LogP contribution in [0.1, 0.15) is 32.6 Å². The van der Waals surface area contributed by atoms with Gasteiger partial charge in [-0.05, 0) is 44.0 Å². The van der Waals surface area contributed by atoms with E-state index in [0.717, 1.165) is 6.54 Å². The molecule has 1 fully saturated rings. The van der Waals surface area contributed by atoms with E-state index < -0.39 is 0 Å². The molecule has 1 aliphatic rings. The average molecular weight is 357 g/mol. The lowest BCUT2D eigenvalue weighted by molar-refractivity contribution is -0.121. The van der Waals surface area contributed by atoms with E-state index in [9.17, 15) is 9.59 Å². The molecule has 7 nitrogen and oxygen atoms in total. The van der Waals surface area contributed by atoms with Gasteiger partial charge in [-0.15, -0.1) is 5.10 Å². The van der Waals surface area contributed by atoms with E-state index in [1.54, 1.807) is 18.2 Å². The summed E-state index contributed by atoms with van der Waals surface area (Å²) in [4.78, 5) is 26.9. The van der Waals surface area contributed by atoms with Crippen LogP contribution in [0.15, 0.2) is 29.1 Å². The van der Waals surface area contributed by atoms with Crippen LogP contribution in [0.5, 0.6) is 0 Å². The van der Waals surface area contributed by atoms with Crippen molar-refractivity contribution in [3.8, 4) is 0 Å². The molecule has 1 aliphatic heterocycles. The minimum absolute atomic E-state index is 0.0580. The van der Waals surface area contributed by atoms with Crippen molar-refractivity contribution in [2.75, 3.05) is 26.2 Å². The Kier molecular flexibility index (Phi) is 6.33. The monoisotopic (exact) mass is 357 g/mol. The lowest BCUT2D eigenvalue weighted by atomic mass is 10.1. The lowest BCUT2D eigenvalue weighted by Gasteiger charge is -2.29. The van der Waals surface area contributed by atoms with Crippen molar-refractivity contribution < 1.29 is 4.79 Å². The first-order valence-corrected chi connectivity index (χ1v) is 9.45. The van der Waals surface area contributed by atoms with Crippen molar-refractivity contribution in [2.24, 2.45) is 5.92 Å². The number of aromatic nitrogens is 3. The maximum Gasteiger partial charge on any atom is 0.277 e. The molecular weight excluding hydrogens is 330 g/mol. The van der Waals surface area contributed by atoms with E-state index in [1.807, 2.05) is 6.07 Å². The van der Waals surface area contributed by atoms with Gasteiger partial charge in [0.25, 0.3) is 5.56 Å². The van der Waals surface area contributed by atoms with Gasteiger partial charge < -0.3 is 10.2 Å². The number of carbonyl (C=O) groups is 1. The molecule has 3 rings (SSSR count). The number of benzene rings is 1. The molecule has 140 valence electrons. The molecule has 0 spiro atoms. The van der Waals surface area contributed by atoms with E-state index in [0.29, 0.717) is 23.4 Å². The second-order valence-electron chi connectivity index (χ2n) is 7.16. The van der Waals surface area contributed by atoms with Gasteiger partial charge in [-0.3, -0.25) is 9.59 Å². The number of amides is 1. The molecule has 0 radical (unpaired) electrons. The highest BCUT2D eigenvalue weighted by molar-refractivity contribution is 5.77. The summed E-state index contributed by atoms with van der Waals surface area (Å²) in [5.74, 6) is 0.359. The average Bonchev–Trinajstić information content (AvgIpc) is 2.67. The number of carbonyl (C=O) groups excluding carboxylic acids is 1. The van der Waals surface area contributed by atoms with E-state index >= 15 is 0 Å². The Labute approximate surface area is 153 Å². The third-order valence-corrected chi connectivity index (χ3v) is 4.85. The zero-order valence-electron chi connectivity index (χ0n) is 15.4. The van der Waals surface area contributed by atoms with Gasteiger partial charge in [0, 0.05) is 19.5 Å². The summed E-state index contributed by atoms with van der Waals surface area (Å²) >= 11 is 0. The van der Waals surface area contributed by atoms with E-state index in [-0.39, 0.29) is 24.4 Å². The largest absolute Gasteiger partial charge is 0.356 e. The molecule has 2 heterocycles. The Hall–Kier alpha value is -2.28. The van der Waals surface area contributed by atoms with Crippen LogP contribution >= 0.6 is 0 Å². The highest BCUT2D eigenvalue weighted by atomic mass is 16.2. The summed E-state index contributed by atoms with van der Waals surface area (Å²) in [6.07, 6.45) is 4.11. The topological polar surface area (TPSA) is 80.1 Å². The molecule has 7 heteroatoms. The van der Waals surface area contributed by atoms with Gasteiger partial charge in [0.05, 0.1) is 11.9 Å². The minimum Gasteiger partial charge on any atom is -0.356 e. The fourth-order valence-corrected chi connectivity index (χ4v) is 3.40. The molecule has 1 unspecified atom stereocenters. The number of aryl methyl sites for hydroxylation is 1. The SMILES string of the molecule is CC(CNC(=O)CCn1nnc2ccccc2c1=O)CN1CCCCC1. The van der Waals surface area contributed by atoms with Crippen molar-refractivity contribution in [1.82, 2.24) is 25.2 Å². The summed E-state index contributed by atoms with van der Waals surface area (Å²) in [7, 11) is 0. The third kappa shape index (κ3) is 4.88. The smallest absolute Gasteiger partial charge is 0.277 e. The Morgan fingerprint density at radius 2 is 2.00 bits per heavy atom. The molecule has 1 aromatic heterocycles. The standard InChI is InChI=1S/C19H27N5O2/c1-15(14-23-10-5-2-6-11-23)13-20-18(25)9-12-24-19(26)16-7-3-4-8-17(16)21-22-24/h3-4,7-8,15H,2,5-6,9-14H2,1H3,(H,20,25). The lowest BCUT2D eigenvalue weighted by Crippen LogP contribution is -2.38. The van der Waals surface area contributed by atoms with Crippen LogP contribution in [0, 0.1) is 5.92 Å². The summed E-state index contributed by atoms with van der Waals surface area (Å²) < 4.78 is 1.26. The second kappa shape index (κ2) is 8.89. The van der Waals surface area contributed by atoms with E-state index in [2.05, 4.69) is 27.5 Å². The van der Waals surface area contributed by atoms with Crippen LogP contribution in [0.3, 0.4) is 0 Å². The molecule has 0 aliphatic carbocycles. The van der Waals surface area contributed by atoms with Gasteiger partial charge in [0.15, 0.2) is 0 Å². The number of piperidine rings is 1. The van der Waals surface area contributed by atoms with Crippen LogP contribution < -0.4 is 10.9 Å². The number of nitrogens with zero attached hydrogens (tertiary/aromatic N) is 4. The van der Waals surface area contributed by atoms with E-state index in [1.165, 1.54) is 37.0 Å². The van der Waals surface area contributed by atoms with Gasteiger partial charge in [0.2, 0.25) is 5.91 Å². The molecule has 0 bridgehead atoms. The highest BCUT2D eigenvalue weighted by Gasteiger charge is 2.14. The maximum atomic E-state index is 12.4. The van der Waals surface area contributed by atoms with Crippen molar-refractivity contribution >= 4 is 16.8 Å². The van der Waals surface area contributed by atoms with E-state index in [4.69, 9.17) is 0 Å². The maximum absolute atomic E-state index is 12.4. The predicted molar refractivity (Wildman–Crippen MR) is 101 cm³/mol. The normalized spacial score (nSPS) is 16.5. The molecule has 2 aromatic rings. The van der Waals surface area contributed by atoms with Crippen LogP contribution in [-0.2, 0) is 11.3 Å². The number of fused-ring (bicyclic) bond motifs is 1. The molecule has 1 N–H and O–H groups in total. The van der Waals surface area contributed by atoms with Crippen molar-refractivity contribution in [2.45, 2.75) is 39.2 Å². The number of likely N-dealkylation sites (tertiary alicyclic amines) is 1. The number of rotatable bonds is 7. The summed E-state index contributed by atoms with van der Waals surface area (Å²) in [6.45, 7) is 6.42. The summed E-state index contributed by atoms with van der Waals surface area (Å²) in [5, 5.41) is 11.4. The third-order valence-electron chi connectivity index (χ3n) is 4.85. The molecule has 1 atom stereocenters. The zero-order chi connectivity index (χ0) is 18.4. The fraction of sp³-hybridized carbons (Fsp3) is 0.579. The van der Waals surface area contributed by atoms with Gasteiger partial charge >= 0.3 is 0 Å². The van der Waals surface area contributed by atoms with Gasteiger partial charge in [-0.2, -0.15) is 0 Å². The Bertz CT molecular complexity index is 798. The molecule has 1 saturated heterocycles. The Balaban J connectivity index is 1.45. The Morgan fingerprint density at radius 1 is 1.23 bits per heavy atom. The highest BCUT2D eigenvalue weighted by Crippen LogP contribution is 2.10. The summed E-state index contributed by atoms with van der Waals surface area (Å²) in [6, 6.07) is 7.10. The Morgan fingerprint density at radius 3 is 2.81 bits per heavy atom. The van der Waals surface area contributed by atoms with Crippen molar-refractivity contribution in [3.05, 3.63) is 34.6 Å². The molecule has 26 heavy (non-hydrogen) atoms. The molecule has 1 amide bonds. The molecular formula is C19H27N5O2. The first kappa shape index (κ1) is 18.5. The fourth-order valence-electron chi connectivity index (χ4n) is 3.40. The first-order valence-electron chi connectivity index (χ1n) is 9.45. The number of hydrogen-bond donors (Lipinski definition) is 1. The molecule has 0 saturated carbocycles. The quantitative estimate of drug-likeness (QED) is 0.811.